The molecule has 18 heavy (non-hydrogen) atoms. The molecule has 0 heterocycles. The lowest BCUT2D eigenvalue weighted by molar-refractivity contribution is -0.137. The number of methoxy groups -OCH3 is 1. The van der Waals surface area contributed by atoms with Crippen LogP contribution in [0.2, 0.25) is 0 Å². The summed E-state index contributed by atoms with van der Waals surface area (Å²) in [6.45, 7) is 0. The summed E-state index contributed by atoms with van der Waals surface area (Å²) in [4.78, 5) is 10.8. The maximum Gasteiger partial charge on any atom is 0.303 e. The van der Waals surface area contributed by atoms with Gasteiger partial charge in [-0.25, -0.2) is 4.39 Å². The van der Waals surface area contributed by atoms with Crippen LogP contribution in [0.3, 0.4) is 0 Å². The van der Waals surface area contributed by atoms with E-state index in [2.05, 4.69) is 0 Å². The highest BCUT2D eigenvalue weighted by Gasteiger charge is 2.37. The van der Waals surface area contributed by atoms with Crippen molar-refractivity contribution in [2.75, 3.05) is 7.11 Å². The van der Waals surface area contributed by atoms with Gasteiger partial charge in [-0.3, -0.25) is 4.79 Å². The molecule has 1 unspecified atom stereocenters. The van der Waals surface area contributed by atoms with E-state index in [1.54, 1.807) is 0 Å². The molecule has 0 aromatic heterocycles. The van der Waals surface area contributed by atoms with Crippen molar-refractivity contribution < 1.29 is 24.1 Å². The molecule has 0 spiro atoms. The lowest BCUT2D eigenvalue weighted by atomic mass is 9.89. The fourth-order valence-corrected chi connectivity index (χ4v) is 2.26. The third-order valence-corrected chi connectivity index (χ3v) is 3.27. The Bertz CT molecular complexity index is 445. The van der Waals surface area contributed by atoms with Crippen LogP contribution in [0.25, 0.3) is 0 Å². The van der Waals surface area contributed by atoms with Crippen LogP contribution in [0.4, 0.5) is 4.39 Å². The Hall–Kier alpha value is -1.78. The maximum absolute atomic E-state index is 14.0. The number of hydrogen-bond donors (Lipinski definition) is 2. The lowest BCUT2D eigenvalue weighted by Crippen LogP contribution is -2.10. The van der Waals surface area contributed by atoms with Gasteiger partial charge in [0.15, 0.2) is 0 Å². The van der Waals surface area contributed by atoms with Crippen LogP contribution in [0.15, 0.2) is 12.1 Å². The summed E-state index contributed by atoms with van der Waals surface area (Å²) in [5.41, 5.74) is 0.0979. The molecule has 1 fully saturated rings. The first-order valence-electron chi connectivity index (χ1n) is 5.81. The number of carboxylic acid groups (broad SMARTS) is 1. The molecule has 98 valence electrons. The fraction of sp³-hybridized carbons (Fsp3) is 0.462. The van der Waals surface area contributed by atoms with Crippen molar-refractivity contribution in [3.8, 4) is 11.5 Å². The number of carboxylic acids is 1. The Kier molecular flexibility index (Phi) is 3.41. The lowest BCUT2D eigenvalue weighted by Gasteiger charge is -2.17. The minimum atomic E-state index is -0.985. The van der Waals surface area contributed by atoms with Gasteiger partial charge in [0.1, 0.15) is 17.3 Å². The first kappa shape index (κ1) is 12.7. The van der Waals surface area contributed by atoms with E-state index in [0.29, 0.717) is 0 Å². The number of phenolic OH excluding ortho intramolecular Hbond substituents is 1. The molecule has 4 nitrogen and oxygen atoms in total. The first-order valence-corrected chi connectivity index (χ1v) is 5.81. The van der Waals surface area contributed by atoms with Gasteiger partial charge in [-0.15, -0.1) is 0 Å². The van der Waals surface area contributed by atoms with Crippen molar-refractivity contribution in [3.05, 3.63) is 23.5 Å². The van der Waals surface area contributed by atoms with Crippen molar-refractivity contribution >= 4 is 5.97 Å². The third kappa shape index (κ3) is 2.55. The van der Waals surface area contributed by atoms with Gasteiger partial charge in [-0.2, -0.15) is 0 Å². The van der Waals surface area contributed by atoms with Gasteiger partial charge < -0.3 is 14.9 Å². The largest absolute Gasteiger partial charge is 0.507 e. The predicted molar refractivity (Wildman–Crippen MR) is 62.3 cm³/mol. The summed E-state index contributed by atoms with van der Waals surface area (Å²) in [5, 5.41) is 18.7. The highest BCUT2D eigenvalue weighted by Crippen LogP contribution is 2.48. The number of phenols is 1. The zero-order chi connectivity index (χ0) is 13.3. The molecular formula is C13H15FO4. The minimum absolute atomic E-state index is 0.0979. The Morgan fingerprint density at radius 2 is 2.22 bits per heavy atom. The van der Waals surface area contributed by atoms with E-state index < -0.39 is 17.7 Å². The second-order valence-corrected chi connectivity index (χ2v) is 4.58. The second-order valence-electron chi connectivity index (χ2n) is 4.58. The molecule has 1 saturated carbocycles. The highest BCUT2D eigenvalue weighted by atomic mass is 19.1. The van der Waals surface area contributed by atoms with Gasteiger partial charge in [0.2, 0.25) is 0 Å². The number of aromatic hydroxyl groups is 1. The average Bonchev–Trinajstić information content (AvgIpc) is 3.09. The monoisotopic (exact) mass is 254 g/mol. The molecule has 0 aliphatic heterocycles. The zero-order valence-corrected chi connectivity index (χ0v) is 10.0. The van der Waals surface area contributed by atoms with Crippen molar-refractivity contribution in [1.29, 1.82) is 0 Å². The molecule has 2 N–H and O–H groups in total. The second kappa shape index (κ2) is 4.84. The first-order chi connectivity index (χ1) is 8.52. The molecule has 0 amide bonds. The van der Waals surface area contributed by atoms with Gasteiger partial charge in [0.05, 0.1) is 13.5 Å². The molecule has 5 heteroatoms. The Labute approximate surface area is 104 Å². The molecule has 0 bridgehead atoms. The predicted octanol–water partition coefficient (Wildman–Crippen LogP) is 2.51. The molecule has 1 aromatic rings. The van der Waals surface area contributed by atoms with Crippen LogP contribution in [0.1, 0.15) is 30.7 Å². The normalized spacial score (nSPS) is 16.3. The molecular weight excluding hydrogens is 239 g/mol. The Morgan fingerprint density at radius 1 is 1.56 bits per heavy atom. The molecule has 1 atom stereocenters. The van der Waals surface area contributed by atoms with E-state index in [-0.39, 0.29) is 29.4 Å². The molecule has 1 aliphatic carbocycles. The average molecular weight is 254 g/mol. The van der Waals surface area contributed by atoms with Crippen molar-refractivity contribution in [2.45, 2.75) is 25.2 Å². The Balaban J connectivity index is 2.37. The highest BCUT2D eigenvalue weighted by molar-refractivity contribution is 5.68. The van der Waals surface area contributed by atoms with Crippen LogP contribution in [-0.4, -0.2) is 23.3 Å². The number of aliphatic carboxylic acids is 1. The van der Waals surface area contributed by atoms with Crippen LogP contribution in [0.5, 0.6) is 11.5 Å². The minimum Gasteiger partial charge on any atom is -0.507 e. The Morgan fingerprint density at radius 3 is 2.67 bits per heavy atom. The number of halogens is 1. The summed E-state index contributed by atoms with van der Waals surface area (Å²) in [5.74, 6) is -1.92. The van der Waals surface area contributed by atoms with Gasteiger partial charge in [0, 0.05) is 23.6 Å². The summed E-state index contributed by atoms with van der Waals surface area (Å²) < 4.78 is 18.8. The topological polar surface area (TPSA) is 66.8 Å². The van der Waals surface area contributed by atoms with Gasteiger partial charge in [0.25, 0.3) is 0 Å². The number of carbonyl (C=O) groups is 1. The third-order valence-electron chi connectivity index (χ3n) is 3.27. The molecule has 1 aliphatic rings. The summed E-state index contributed by atoms with van der Waals surface area (Å²) in [7, 11) is 1.38. The van der Waals surface area contributed by atoms with E-state index in [1.807, 2.05) is 0 Å². The number of rotatable bonds is 5. The summed E-state index contributed by atoms with van der Waals surface area (Å²) >= 11 is 0. The van der Waals surface area contributed by atoms with E-state index in [9.17, 15) is 14.3 Å². The van der Waals surface area contributed by atoms with Crippen molar-refractivity contribution in [3.63, 3.8) is 0 Å². The maximum atomic E-state index is 14.0. The van der Waals surface area contributed by atoms with Crippen molar-refractivity contribution in [1.82, 2.24) is 0 Å². The van der Waals surface area contributed by atoms with Crippen LogP contribution >= 0.6 is 0 Å². The summed E-state index contributed by atoms with van der Waals surface area (Å²) in [6.07, 6.45) is 1.59. The molecule has 1 aromatic carbocycles. The van der Waals surface area contributed by atoms with E-state index in [0.717, 1.165) is 12.8 Å². The molecule has 0 saturated heterocycles. The van der Waals surface area contributed by atoms with Crippen LogP contribution in [-0.2, 0) is 4.79 Å². The van der Waals surface area contributed by atoms with Crippen LogP contribution < -0.4 is 4.74 Å². The van der Waals surface area contributed by atoms with E-state index >= 15 is 0 Å². The standard InChI is InChI=1S/C13H15FO4/c1-18-8-4-10(14)13(11(15)5-8)9(6-12(16)17)7-2-3-7/h4-5,7,9,15H,2-3,6H2,1H3,(H,16,17). The van der Waals surface area contributed by atoms with E-state index in [4.69, 9.17) is 9.84 Å². The smallest absolute Gasteiger partial charge is 0.303 e. The molecule has 2 rings (SSSR count). The number of benzene rings is 1. The van der Waals surface area contributed by atoms with Gasteiger partial charge in [-0.05, 0) is 18.8 Å². The quantitative estimate of drug-likeness (QED) is 0.847. The van der Waals surface area contributed by atoms with Crippen LogP contribution in [0, 0.1) is 11.7 Å². The fourth-order valence-electron chi connectivity index (χ4n) is 2.26. The number of ether oxygens (including phenoxy) is 1. The van der Waals surface area contributed by atoms with Gasteiger partial charge in [-0.1, -0.05) is 0 Å². The van der Waals surface area contributed by atoms with Crippen molar-refractivity contribution in [2.24, 2.45) is 5.92 Å². The van der Waals surface area contributed by atoms with E-state index in [1.165, 1.54) is 19.2 Å². The van der Waals surface area contributed by atoms with Gasteiger partial charge >= 0.3 is 5.97 Å². The number of hydrogen-bond acceptors (Lipinski definition) is 3. The molecule has 0 radical (unpaired) electrons. The summed E-state index contributed by atoms with van der Waals surface area (Å²) in [6, 6.07) is 2.49. The SMILES string of the molecule is COc1cc(O)c(C(CC(=O)O)C2CC2)c(F)c1. The zero-order valence-electron chi connectivity index (χ0n) is 10.0.